The van der Waals surface area contributed by atoms with Crippen LogP contribution in [0.5, 0.6) is 0 Å². The lowest BCUT2D eigenvalue weighted by Crippen LogP contribution is -2.29. The Morgan fingerprint density at radius 3 is 2.65 bits per heavy atom. The fourth-order valence-electron chi connectivity index (χ4n) is 2.43. The summed E-state index contributed by atoms with van der Waals surface area (Å²) in [5, 5.41) is 6.33. The molecule has 1 saturated carbocycles. The summed E-state index contributed by atoms with van der Waals surface area (Å²) in [5.41, 5.74) is 1.43. The average Bonchev–Trinajstić information content (AvgIpc) is 3.12. The van der Waals surface area contributed by atoms with Crippen LogP contribution in [0, 0.1) is 0 Å². The zero-order valence-corrected chi connectivity index (χ0v) is 10.3. The van der Waals surface area contributed by atoms with Crippen molar-refractivity contribution in [1.29, 1.82) is 0 Å². The number of hydrogen-bond donors (Lipinski definition) is 1. The Bertz CT molecular complexity index is 514. The Morgan fingerprint density at radius 2 is 1.88 bits per heavy atom. The van der Waals surface area contributed by atoms with Gasteiger partial charge in [0.15, 0.2) is 0 Å². The molecular formula is C16H19N. The molecule has 1 aliphatic carbocycles. The van der Waals surface area contributed by atoms with Crippen molar-refractivity contribution >= 4 is 10.8 Å². The highest BCUT2D eigenvalue weighted by Gasteiger charge is 2.22. The second-order valence-corrected chi connectivity index (χ2v) is 5.23. The standard InChI is InChI=1S/C16H19N/c1-12(17-16-8-9-16)10-13-6-7-14-4-2-3-5-15(14)11-13/h2-7,11-12,16-17H,8-10H2,1H3. The molecule has 3 rings (SSSR count). The predicted molar refractivity (Wildman–Crippen MR) is 73.3 cm³/mol. The van der Waals surface area contributed by atoms with Crippen LogP contribution in [0.1, 0.15) is 25.3 Å². The molecule has 0 amide bonds. The molecular weight excluding hydrogens is 206 g/mol. The molecule has 2 aromatic rings. The van der Waals surface area contributed by atoms with Crippen molar-refractivity contribution in [2.24, 2.45) is 0 Å². The third kappa shape index (κ3) is 2.67. The molecule has 0 aromatic heterocycles. The van der Waals surface area contributed by atoms with E-state index in [0.717, 1.165) is 12.5 Å². The molecule has 0 radical (unpaired) electrons. The molecule has 1 aliphatic rings. The fourth-order valence-corrected chi connectivity index (χ4v) is 2.43. The van der Waals surface area contributed by atoms with Gasteiger partial charge in [-0.25, -0.2) is 0 Å². The Kier molecular flexibility index (Phi) is 2.86. The van der Waals surface area contributed by atoms with E-state index >= 15 is 0 Å². The van der Waals surface area contributed by atoms with Crippen molar-refractivity contribution in [3.05, 3.63) is 48.0 Å². The van der Waals surface area contributed by atoms with Gasteiger partial charge < -0.3 is 5.32 Å². The van der Waals surface area contributed by atoms with Crippen molar-refractivity contribution in [2.45, 2.75) is 38.3 Å². The second-order valence-electron chi connectivity index (χ2n) is 5.23. The van der Waals surface area contributed by atoms with Gasteiger partial charge in [-0.15, -0.1) is 0 Å². The maximum atomic E-state index is 3.65. The van der Waals surface area contributed by atoms with Crippen molar-refractivity contribution in [2.75, 3.05) is 0 Å². The SMILES string of the molecule is CC(Cc1ccc2ccccc2c1)NC1CC1. The van der Waals surface area contributed by atoms with Gasteiger partial charge in [-0.05, 0) is 42.5 Å². The minimum absolute atomic E-state index is 0.587. The first-order valence-electron chi connectivity index (χ1n) is 6.55. The molecule has 0 heterocycles. The fraction of sp³-hybridized carbons (Fsp3) is 0.375. The molecule has 0 bridgehead atoms. The highest BCUT2D eigenvalue weighted by atomic mass is 15.0. The van der Waals surface area contributed by atoms with Crippen LogP contribution in [-0.4, -0.2) is 12.1 Å². The van der Waals surface area contributed by atoms with E-state index in [2.05, 4.69) is 54.7 Å². The minimum Gasteiger partial charge on any atom is -0.311 e. The molecule has 1 fully saturated rings. The number of rotatable bonds is 4. The van der Waals surface area contributed by atoms with Crippen LogP contribution >= 0.6 is 0 Å². The lowest BCUT2D eigenvalue weighted by Gasteiger charge is -2.13. The number of benzene rings is 2. The Balaban J connectivity index is 1.75. The molecule has 1 heteroatoms. The maximum Gasteiger partial charge on any atom is 0.00817 e. The summed E-state index contributed by atoms with van der Waals surface area (Å²) in [5.74, 6) is 0. The largest absolute Gasteiger partial charge is 0.311 e. The van der Waals surface area contributed by atoms with Crippen molar-refractivity contribution in [3.63, 3.8) is 0 Å². The third-order valence-electron chi connectivity index (χ3n) is 3.45. The van der Waals surface area contributed by atoms with E-state index in [9.17, 15) is 0 Å². The summed E-state index contributed by atoms with van der Waals surface area (Å²) in [6.45, 7) is 2.29. The van der Waals surface area contributed by atoms with Crippen molar-refractivity contribution in [1.82, 2.24) is 5.32 Å². The van der Waals surface area contributed by atoms with E-state index in [1.54, 1.807) is 0 Å². The lowest BCUT2D eigenvalue weighted by atomic mass is 10.0. The van der Waals surface area contributed by atoms with Gasteiger partial charge in [-0.1, -0.05) is 42.5 Å². The van der Waals surface area contributed by atoms with Gasteiger partial charge in [0.2, 0.25) is 0 Å². The van der Waals surface area contributed by atoms with E-state index in [4.69, 9.17) is 0 Å². The highest BCUT2D eigenvalue weighted by Crippen LogP contribution is 2.21. The monoisotopic (exact) mass is 225 g/mol. The average molecular weight is 225 g/mol. The number of fused-ring (bicyclic) bond motifs is 1. The van der Waals surface area contributed by atoms with Crippen LogP contribution in [0.25, 0.3) is 10.8 Å². The first-order valence-corrected chi connectivity index (χ1v) is 6.55. The predicted octanol–water partition coefficient (Wildman–Crippen LogP) is 3.52. The molecule has 2 aromatic carbocycles. The summed E-state index contributed by atoms with van der Waals surface area (Å²) in [4.78, 5) is 0. The van der Waals surface area contributed by atoms with Crippen LogP contribution in [0.15, 0.2) is 42.5 Å². The first kappa shape index (κ1) is 10.8. The molecule has 0 aliphatic heterocycles. The lowest BCUT2D eigenvalue weighted by molar-refractivity contribution is 0.543. The smallest absolute Gasteiger partial charge is 0.00817 e. The Labute approximate surface area is 103 Å². The molecule has 1 N–H and O–H groups in total. The zero-order valence-electron chi connectivity index (χ0n) is 10.3. The van der Waals surface area contributed by atoms with Gasteiger partial charge in [0, 0.05) is 12.1 Å². The van der Waals surface area contributed by atoms with E-state index in [-0.39, 0.29) is 0 Å². The Hall–Kier alpha value is -1.34. The van der Waals surface area contributed by atoms with Gasteiger partial charge >= 0.3 is 0 Å². The third-order valence-corrected chi connectivity index (χ3v) is 3.45. The molecule has 0 saturated heterocycles. The summed E-state index contributed by atoms with van der Waals surface area (Å²) in [6.07, 6.45) is 3.85. The van der Waals surface area contributed by atoms with E-state index in [1.807, 2.05) is 0 Å². The number of hydrogen-bond acceptors (Lipinski definition) is 1. The van der Waals surface area contributed by atoms with Crippen molar-refractivity contribution < 1.29 is 0 Å². The summed E-state index contributed by atoms with van der Waals surface area (Å²) < 4.78 is 0. The van der Waals surface area contributed by atoms with Crippen LogP contribution < -0.4 is 5.32 Å². The zero-order chi connectivity index (χ0) is 11.7. The van der Waals surface area contributed by atoms with Crippen LogP contribution in [0.3, 0.4) is 0 Å². The second kappa shape index (κ2) is 4.50. The number of nitrogens with one attached hydrogen (secondary N) is 1. The van der Waals surface area contributed by atoms with Crippen LogP contribution in [0.4, 0.5) is 0 Å². The summed E-state index contributed by atoms with van der Waals surface area (Å²) in [6, 6.07) is 16.8. The topological polar surface area (TPSA) is 12.0 Å². The van der Waals surface area contributed by atoms with E-state index in [1.165, 1.54) is 29.2 Å². The molecule has 88 valence electrons. The van der Waals surface area contributed by atoms with Gasteiger partial charge in [0.05, 0.1) is 0 Å². The molecule has 1 atom stereocenters. The van der Waals surface area contributed by atoms with Gasteiger partial charge in [0.1, 0.15) is 0 Å². The van der Waals surface area contributed by atoms with E-state index < -0.39 is 0 Å². The van der Waals surface area contributed by atoms with Crippen molar-refractivity contribution in [3.8, 4) is 0 Å². The van der Waals surface area contributed by atoms with Crippen LogP contribution in [-0.2, 0) is 6.42 Å². The normalized spacial score (nSPS) is 17.2. The maximum absolute atomic E-state index is 3.65. The highest BCUT2D eigenvalue weighted by molar-refractivity contribution is 5.82. The summed E-state index contributed by atoms with van der Waals surface area (Å²) in [7, 11) is 0. The summed E-state index contributed by atoms with van der Waals surface area (Å²) >= 11 is 0. The molecule has 1 unspecified atom stereocenters. The van der Waals surface area contributed by atoms with Gasteiger partial charge in [0.25, 0.3) is 0 Å². The molecule has 0 spiro atoms. The van der Waals surface area contributed by atoms with Gasteiger partial charge in [-0.3, -0.25) is 0 Å². The molecule has 1 nitrogen and oxygen atoms in total. The Morgan fingerprint density at radius 1 is 1.12 bits per heavy atom. The van der Waals surface area contributed by atoms with Gasteiger partial charge in [-0.2, -0.15) is 0 Å². The quantitative estimate of drug-likeness (QED) is 0.839. The van der Waals surface area contributed by atoms with Crippen LogP contribution in [0.2, 0.25) is 0 Å². The van der Waals surface area contributed by atoms with E-state index in [0.29, 0.717) is 6.04 Å². The minimum atomic E-state index is 0.587. The first-order chi connectivity index (χ1) is 8.31. The molecule has 17 heavy (non-hydrogen) atoms.